The molecular weight excluding hydrogens is 264 g/mol. The van der Waals surface area contributed by atoms with Gasteiger partial charge in [-0.15, -0.1) is 0 Å². The molecule has 1 heterocycles. The first-order valence-corrected chi connectivity index (χ1v) is 5.70. The van der Waals surface area contributed by atoms with Gasteiger partial charge in [-0.3, -0.25) is 5.41 Å². The molecule has 2 rings (SSSR count). The molecule has 20 heavy (non-hydrogen) atoms. The van der Waals surface area contributed by atoms with Crippen molar-refractivity contribution in [2.75, 3.05) is 17.7 Å². The smallest absolute Gasteiger partial charge is 0.149 e. The maximum atomic E-state index is 13.7. The predicted molar refractivity (Wildman–Crippen MR) is 74.1 cm³/mol. The van der Waals surface area contributed by atoms with Crippen molar-refractivity contribution in [1.29, 1.82) is 5.41 Å². The Labute approximate surface area is 114 Å². The summed E-state index contributed by atoms with van der Waals surface area (Å²) in [6, 6.07) is 6.33. The molecule has 104 valence electrons. The van der Waals surface area contributed by atoms with Gasteiger partial charge in [-0.25, -0.2) is 13.8 Å². The highest BCUT2D eigenvalue weighted by Crippen LogP contribution is 2.26. The van der Waals surface area contributed by atoms with Crippen LogP contribution in [0.2, 0.25) is 0 Å². The normalized spacial score (nSPS) is 10.3. The van der Waals surface area contributed by atoms with E-state index < -0.39 is 11.6 Å². The first-order chi connectivity index (χ1) is 9.40. The zero-order valence-corrected chi connectivity index (χ0v) is 10.7. The van der Waals surface area contributed by atoms with Gasteiger partial charge >= 0.3 is 0 Å². The quantitative estimate of drug-likeness (QED) is 0.591. The number of pyridine rings is 1. The van der Waals surface area contributed by atoms with Crippen molar-refractivity contribution in [3.63, 3.8) is 0 Å². The Morgan fingerprint density at radius 1 is 1.25 bits per heavy atom. The second-order valence-electron chi connectivity index (χ2n) is 4.17. The number of nitrogens with one attached hydrogen (secondary N) is 1. The van der Waals surface area contributed by atoms with E-state index in [1.165, 1.54) is 17.0 Å². The summed E-state index contributed by atoms with van der Waals surface area (Å²) in [5, 5.41) is 7.32. The minimum atomic E-state index is -0.705. The molecule has 5 N–H and O–H groups in total. The minimum Gasteiger partial charge on any atom is -0.384 e. The largest absolute Gasteiger partial charge is 0.384 e. The molecule has 0 saturated carbocycles. The average molecular weight is 277 g/mol. The summed E-state index contributed by atoms with van der Waals surface area (Å²) < 4.78 is 26.6. The Balaban J connectivity index is 2.40. The van der Waals surface area contributed by atoms with Gasteiger partial charge in [0, 0.05) is 13.1 Å². The lowest BCUT2D eigenvalue weighted by Crippen LogP contribution is -2.17. The van der Waals surface area contributed by atoms with Crippen LogP contribution < -0.4 is 16.4 Å². The summed E-state index contributed by atoms with van der Waals surface area (Å²) in [6.07, 6.45) is 0. The van der Waals surface area contributed by atoms with Crippen LogP contribution in [0.4, 0.5) is 26.1 Å². The molecule has 1 aromatic heterocycles. The zero-order valence-electron chi connectivity index (χ0n) is 10.7. The van der Waals surface area contributed by atoms with Crippen molar-refractivity contribution in [2.45, 2.75) is 0 Å². The van der Waals surface area contributed by atoms with Crippen molar-refractivity contribution in [3.8, 4) is 0 Å². The van der Waals surface area contributed by atoms with Crippen LogP contribution >= 0.6 is 0 Å². The van der Waals surface area contributed by atoms with Gasteiger partial charge in [0.25, 0.3) is 0 Å². The van der Waals surface area contributed by atoms with Crippen molar-refractivity contribution >= 4 is 23.2 Å². The first-order valence-electron chi connectivity index (χ1n) is 5.70. The number of hydrogen-bond donors (Lipinski definition) is 3. The van der Waals surface area contributed by atoms with E-state index in [-0.39, 0.29) is 17.3 Å². The van der Waals surface area contributed by atoms with E-state index in [9.17, 15) is 8.78 Å². The maximum Gasteiger partial charge on any atom is 0.149 e. The molecule has 0 aliphatic carbocycles. The van der Waals surface area contributed by atoms with Gasteiger partial charge in [-0.2, -0.15) is 0 Å². The van der Waals surface area contributed by atoms with Crippen LogP contribution in [-0.2, 0) is 0 Å². The van der Waals surface area contributed by atoms with Crippen LogP contribution in [0.5, 0.6) is 0 Å². The third-order valence-corrected chi connectivity index (χ3v) is 2.81. The van der Waals surface area contributed by atoms with Crippen LogP contribution in [-0.4, -0.2) is 17.9 Å². The highest BCUT2D eigenvalue weighted by Gasteiger charge is 2.13. The van der Waals surface area contributed by atoms with E-state index in [1.807, 2.05) is 0 Å². The molecule has 0 fully saturated rings. The number of nitrogens with zero attached hydrogens (tertiary/aromatic N) is 2. The monoisotopic (exact) mass is 277 g/mol. The number of hydrogen-bond acceptors (Lipinski definition) is 4. The molecule has 0 bridgehead atoms. The Morgan fingerprint density at radius 2 is 1.95 bits per heavy atom. The zero-order chi connectivity index (χ0) is 14.9. The van der Waals surface area contributed by atoms with Gasteiger partial charge in [0.1, 0.15) is 29.1 Å². The molecule has 0 radical (unpaired) electrons. The van der Waals surface area contributed by atoms with Gasteiger partial charge in [0.05, 0.1) is 11.3 Å². The minimum absolute atomic E-state index is 0.0735. The number of nitrogen functional groups attached to an aromatic ring is 2. The van der Waals surface area contributed by atoms with E-state index in [4.69, 9.17) is 16.9 Å². The van der Waals surface area contributed by atoms with Gasteiger partial charge in [0.2, 0.25) is 0 Å². The number of nitrogens with two attached hydrogens (primary N) is 2. The van der Waals surface area contributed by atoms with E-state index in [0.717, 1.165) is 12.1 Å². The van der Waals surface area contributed by atoms with Crippen LogP contribution in [0.25, 0.3) is 0 Å². The fourth-order valence-corrected chi connectivity index (χ4v) is 1.76. The van der Waals surface area contributed by atoms with Gasteiger partial charge in [0.15, 0.2) is 0 Å². The highest BCUT2D eigenvalue weighted by molar-refractivity contribution is 5.99. The Bertz CT molecular complexity index is 672. The number of amidine groups is 1. The summed E-state index contributed by atoms with van der Waals surface area (Å²) in [7, 11) is 1.57. The second-order valence-corrected chi connectivity index (χ2v) is 4.17. The Morgan fingerprint density at radius 3 is 2.50 bits per heavy atom. The second kappa shape index (κ2) is 5.12. The molecule has 1 aromatic carbocycles. The van der Waals surface area contributed by atoms with Crippen LogP contribution in [0.3, 0.4) is 0 Å². The predicted octanol–water partition coefficient (Wildman–Crippen LogP) is 1.99. The van der Waals surface area contributed by atoms with Crippen molar-refractivity contribution < 1.29 is 8.78 Å². The summed E-state index contributed by atoms with van der Waals surface area (Å²) >= 11 is 0. The fourth-order valence-electron chi connectivity index (χ4n) is 1.76. The molecule has 0 atom stereocenters. The lowest BCUT2D eigenvalue weighted by atomic mass is 10.2. The molecule has 0 amide bonds. The van der Waals surface area contributed by atoms with Gasteiger partial charge in [-0.1, -0.05) is 0 Å². The molecule has 0 aliphatic heterocycles. The molecule has 7 heteroatoms. The Hall–Kier alpha value is -2.70. The van der Waals surface area contributed by atoms with Gasteiger partial charge in [-0.05, 0) is 24.3 Å². The molecular formula is C13H13F2N5. The fraction of sp³-hybridized carbons (Fsp3) is 0.0769. The Kier molecular flexibility index (Phi) is 3.51. The lowest BCUT2D eigenvalue weighted by molar-refractivity contribution is 0.583. The first kappa shape index (κ1) is 13.7. The molecule has 5 nitrogen and oxygen atoms in total. The summed E-state index contributed by atoms with van der Waals surface area (Å²) in [5.74, 6) is -1.12. The van der Waals surface area contributed by atoms with Crippen molar-refractivity contribution in [2.24, 2.45) is 5.73 Å². The average Bonchev–Trinajstić information content (AvgIpc) is 2.37. The van der Waals surface area contributed by atoms with Crippen LogP contribution in [0.15, 0.2) is 30.3 Å². The number of aromatic nitrogens is 1. The maximum absolute atomic E-state index is 13.7. The summed E-state index contributed by atoms with van der Waals surface area (Å²) in [6.45, 7) is 0. The van der Waals surface area contributed by atoms with Crippen molar-refractivity contribution in [1.82, 2.24) is 4.98 Å². The lowest BCUT2D eigenvalue weighted by Gasteiger charge is -2.19. The molecule has 0 aliphatic rings. The number of anilines is 3. The molecule has 2 aromatic rings. The number of rotatable bonds is 3. The number of benzene rings is 1. The molecule has 0 spiro atoms. The summed E-state index contributed by atoms with van der Waals surface area (Å²) in [4.78, 5) is 5.48. The molecule has 0 unspecified atom stereocenters. The standard InChI is InChI=1S/C13H13F2N5/c1-20(10-4-2-7(14)6-9(10)15)11-5-3-8(12(16)17)13(18)19-11/h2-6H,1H3,(H3,16,17)(H2,18,19). The van der Waals surface area contributed by atoms with Crippen LogP contribution in [0.1, 0.15) is 5.56 Å². The molecule has 0 saturated heterocycles. The van der Waals surface area contributed by atoms with Gasteiger partial charge < -0.3 is 16.4 Å². The SMILES string of the molecule is CN(c1ccc(C(=N)N)c(N)n1)c1ccc(F)cc1F. The van der Waals surface area contributed by atoms with E-state index in [1.54, 1.807) is 13.1 Å². The number of halogens is 2. The van der Waals surface area contributed by atoms with E-state index in [0.29, 0.717) is 11.4 Å². The summed E-state index contributed by atoms with van der Waals surface area (Å²) in [5.41, 5.74) is 11.5. The highest BCUT2D eigenvalue weighted by atomic mass is 19.1. The third-order valence-electron chi connectivity index (χ3n) is 2.81. The van der Waals surface area contributed by atoms with E-state index >= 15 is 0 Å². The van der Waals surface area contributed by atoms with Crippen molar-refractivity contribution in [3.05, 3.63) is 47.5 Å². The third kappa shape index (κ3) is 2.51. The topological polar surface area (TPSA) is 92.0 Å². The van der Waals surface area contributed by atoms with Crippen LogP contribution in [0, 0.1) is 17.0 Å². The van der Waals surface area contributed by atoms with E-state index in [2.05, 4.69) is 4.98 Å².